The van der Waals surface area contributed by atoms with Crippen molar-refractivity contribution in [3.8, 4) is 5.75 Å². The maximum Gasteiger partial charge on any atom is 0.265 e. The molecule has 0 saturated heterocycles. The monoisotopic (exact) mass is 409 g/mol. The average molecular weight is 411 g/mol. The van der Waals surface area contributed by atoms with Gasteiger partial charge in [-0.15, -0.1) is 0 Å². The van der Waals surface area contributed by atoms with Gasteiger partial charge in [-0.3, -0.25) is 4.79 Å². The Balaban J connectivity index is 2.15. The Kier molecular flexibility index (Phi) is 6.30. The number of ether oxygens (including phenoxy) is 1. The normalized spacial score (nSPS) is 12.1. The standard InChI is InChI=1S/C19H21BrClNO2/c1-11(2)15-7-5-6-12(3)18(15)22-19(23)13(4)24-17-9-8-14(21)10-16(17)20/h5-11,13H,1-4H3,(H,22,23). The van der Waals surface area contributed by atoms with Crippen molar-refractivity contribution < 1.29 is 9.53 Å². The molecule has 0 bridgehead atoms. The predicted molar refractivity (Wildman–Crippen MR) is 103 cm³/mol. The number of halogens is 2. The lowest BCUT2D eigenvalue weighted by Crippen LogP contribution is -2.31. The maximum absolute atomic E-state index is 12.5. The van der Waals surface area contributed by atoms with Crippen molar-refractivity contribution in [1.82, 2.24) is 0 Å². The van der Waals surface area contributed by atoms with Crippen LogP contribution in [0, 0.1) is 6.92 Å². The van der Waals surface area contributed by atoms with Crippen molar-refractivity contribution in [2.75, 3.05) is 5.32 Å². The Morgan fingerprint density at radius 2 is 1.92 bits per heavy atom. The molecule has 3 nitrogen and oxygen atoms in total. The molecule has 0 radical (unpaired) electrons. The first-order valence-electron chi connectivity index (χ1n) is 7.81. The second kappa shape index (κ2) is 8.04. The van der Waals surface area contributed by atoms with Crippen LogP contribution in [0.1, 0.15) is 37.8 Å². The minimum Gasteiger partial charge on any atom is -0.480 e. The molecule has 2 aromatic carbocycles. The zero-order valence-electron chi connectivity index (χ0n) is 14.2. The van der Waals surface area contributed by atoms with Crippen LogP contribution < -0.4 is 10.1 Å². The van der Waals surface area contributed by atoms with E-state index in [0.717, 1.165) is 16.8 Å². The number of aryl methyl sites for hydroxylation is 1. The van der Waals surface area contributed by atoms with Crippen LogP contribution in [0.2, 0.25) is 5.02 Å². The highest BCUT2D eigenvalue weighted by atomic mass is 79.9. The van der Waals surface area contributed by atoms with Crippen molar-refractivity contribution >= 4 is 39.1 Å². The van der Waals surface area contributed by atoms with E-state index in [9.17, 15) is 4.79 Å². The molecule has 0 aliphatic carbocycles. The van der Waals surface area contributed by atoms with Gasteiger partial charge in [0, 0.05) is 10.7 Å². The molecule has 1 N–H and O–H groups in total. The lowest BCUT2D eigenvalue weighted by atomic mass is 9.98. The molecular formula is C19H21BrClNO2. The highest BCUT2D eigenvalue weighted by molar-refractivity contribution is 9.10. The van der Waals surface area contributed by atoms with Crippen LogP contribution in [0.25, 0.3) is 0 Å². The molecule has 0 spiro atoms. The molecule has 1 unspecified atom stereocenters. The van der Waals surface area contributed by atoms with E-state index in [2.05, 4.69) is 35.1 Å². The number of hydrogen-bond acceptors (Lipinski definition) is 2. The highest BCUT2D eigenvalue weighted by Crippen LogP contribution is 2.30. The van der Waals surface area contributed by atoms with E-state index in [-0.39, 0.29) is 5.91 Å². The zero-order chi connectivity index (χ0) is 17.9. The van der Waals surface area contributed by atoms with Crippen LogP contribution in [0.5, 0.6) is 5.75 Å². The average Bonchev–Trinajstić information content (AvgIpc) is 2.51. The van der Waals surface area contributed by atoms with Crippen LogP contribution in [-0.4, -0.2) is 12.0 Å². The minimum atomic E-state index is -0.637. The van der Waals surface area contributed by atoms with E-state index in [4.69, 9.17) is 16.3 Å². The lowest BCUT2D eigenvalue weighted by Gasteiger charge is -2.20. The van der Waals surface area contributed by atoms with Gasteiger partial charge in [0.25, 0.3) is 5.91 Å². The molecule has 0 aliphatic heterocycles. The number of nitrogens with one attached hydrogen (secondary N) is 1. The van der Waals surface area contributed by atoms with Crippen LogP contribution in [0.4, 0.5) is 5.69 Å². The summed E-state index contributed by atoms with van der Waals surface area (Å²) >= 11 is 9.32. The summed E-state index contributed by atoms with van der Waals surface area (Å²) in [6.45, 7) is 7.93. The van der Waals surface area contributed by atoms with Crippen molar-refractivity contribution in [2.24, 2.45) is 0 Å². The smallest absolute Gasteiger partial charge is 0.265 e. The van der Waals surface area contributed by atoms with E-state index in [1.54, 1.807) is 25.1 Å². The lowest BCUT2D eigenvalue weighted by molar-refractivity contribution is -0.122. The predicted octanol–water partition coefficient (Wildman–Crippen LogP) is 5.94. The number of benzene rings is 2. The Morgan fingerprint density at radius 3 is 2.54 bits per heavy atom. The van der Waals surface area contributed by atoms with E-state index in [1.807, 2.05) is 25.1 Å². The molecule has 0 fully saturated rings. The molecule has 0 saturated carbocycles. The Hall–Kier alpha value is -1.52. The van der Waals surface area contributed by atoms with E-state index in [1.165, 1.54) is 0 Å². The molecule has 1 amide bonds. The number of carbonyl (C=O) groups excluding carboxylic acids is 1. The van der Waals surface area contributed by atoms with Crippen molar-refractivity contribution in [3.05, 3.63) is 57.0 Å². The van der Waals surface area contributed by atoms with Gasteiger partial charge < -0.3 is 10.1 Å². The fourth-order valence-corrected chi connectivity index (χ4v) is 3.16. The molecule has 0 aliphatic rings. The van der Waals surface area contributed by atoms with E-state index >= 15 is 0 Å². The summed E-state index contributed by atoms with van der Waals surface area (Å²) in [5.74, 6) is 0.714. The quantitative estimate of drug-likeness (QED) is 0.662. The first kappa shape index (κ1) is 18.8. The second-order valence-corrected chi connectivity index (χ2v) is 7.31. The summed E-state index contributed by atoms with van der Waals surface area (Å²) in [6.07, 6.45) is -0.637. The molecule has 128 valence electrons. The molecule has 2 rings (SSSR count). The summed E-state index contributed by atoms with van der Waals surface area (Å²) in [7, 11) is 0. The zero-order valence-corrected chi connectivity index (χ0v) is 16.5. The first-order valence-corrected chi connectivity index (χ1v) is 8.98. The third kappa shape index (κ3) is 4.52. The molecule has 24 heavy (non-hydrogen) atoms. The van der Waals surface area contributed by atoms with Crippen molar-refractivity contribution in [1.29, 1.82) is 0 Å². The number of para-hydroxylation sites is 1. The second-order valence-electron chi connectivity index (χ2n) is 6.02. The number of carbonyl (C=O) groups is 1. The van der Waals surface area contributed by atoms with Crippen LogP contribution in [0.15, 0.2) is 40.9 Å². The minimum absolute atomic E-state index is 0.187. The number of hydrogen-bond donors (Lipinski definition) is 1. The molecular weight excluding hydrogens is 390 g/mol. The van der Waals surface area contributed by atoms with Crippen LogP contribution >= 0.6 is 27.5 Å². The molecule has 2 aromatic rings. The number of anilines is 1. The Bertz CT molecular complexity index is 746. The van der Waals surface area contributed by atoms with Crippen LogP contribution in [-0.2, 0) is 4.79 Å². The largest absolute Gasteiger partial charge is 0.480 e. The van der Waals surface area contributed by atoms with Gasteiger partial charge in [0.15, 0.2) is 6.10 Å². The molecule has 0 aromatic heterocycles. The Labute approximate surface area is 156 Å². The van der Waals surface area contributed by atoms with Gasteiger partial charge in [-0.25, -0.2) is 0 Å². The third-order valence-corrected chi connectivity index (χ3v) is 4.60. The molecule has 0 heterocycles. The van der Waals surface area contributed by atoms with Gasteiger partial charge in [-0.05, 0) is 65.0 Å². The van der Waals surface area contributed by atoms with Crippen molar-refractivity contribution in [2.45, 2.75) is 39.7 Å². The van der Waals surface area contributed by atoms with Gasteiger partial charge in [0.05, 0.1) is 4.47 Å². The summed E-state index contributed by atoms with van der Waals surface area (Å²) in [4.78, 5) is 12.5. The summed E-state index contributed by atoms with van der Waals surface area (Å²) in [5, 5.41) is 3.61. The molecule has 1 atom stereocenters. The van der Waals surface area contributed by atoms with Crippen molar-refractivity contribution in [3.63, 3.8) is 0 Å². The summed E-state index contributed by atoms with van der Waals surface area (Å²) < 4.78 is 6.47. The number of amides is 1. The molecule has 5 heteroatoms. The van der Waals surface area contributed by atoms with Crippen LogP contribution in [0.3, 0.4) is 0 Å². The summed E-state index contributed by atoms with van der Waals surface area (Å²) in [6, 6.07) is 11.2. The van der Waals surface area contributed by atoms with Gasteiger partial charge in [0.1, 0.15) is 5.75 Å². The topological polar surface area (TPSA) is 38.3 Å². The number of rotatable bonds is 5. The fourth-order valence-electron chi connectivity index (χ4n) is 2.38. The van der Waals surface area contributed by atoms with Gasteiger partial charge in [0.2, 0.25) is 0 Å². The first-order chi connectivity index (χ1) is 11.3. The van der Waals surface area contributed by atoms with Gasteiger partial charge in [-0.2, -0.15) is 0 Å². The maximum atomic E-state index is 12.5. The third-order valence-electron chi connectivity index (χ3n) is 3.74. The highest BCUT2D eigenvalue weighted by Gasteiger charge is 2.19. The summed E-state index contributed by atoms with van der Waals surface area (Å²) in [5.41, 5.74) is 3.01. The van der Waals surface area contributed by atoms with E-state index in [0.29, 0.717) is 21.2 Å². The van der Waals surface area contributed by atoms with Gasteiger partial charge >= 0.3 is 0 Å². The van der Waals surface area contributed by atoms with E-state index < -0.39 is 6.10 Å². The SMILES string of the molecule is Cc1cccc(C(C)C)c1NC(=O)C(C)Oc1ccc(Cl)cc1Br. The van der Waals surface area contributed by atoms with Gasteiger partial charge in [-0.1, -0.05) is 43.6 Å². The Morgan fingerprint density at radius 1 is 1.21 bits per heavy atom. The fraction of sp³-hybridized carbons (Fsp3) is 0.316.